The largest absolute Gasteiger partial charge is 0.356 e. The third-order valence-corrected chi connectivity index (χ3v) is 5.20. The minimum Gasteiger partial charge on any atom is -0.356 e. The fourth-order valence-corrected chi connectivity index (χ4v) is 3.62. The summed E-state index contributed by atoms with van der Waals surface area (Å²) in [6.45, 7) is 1.47. The van der Waals surface area contributed by atoms with Gasteiger partial charge in [0.1, 0.15) is 12.1 Å². The summed E-state index contributed by atoms with van der Waals surface area (Å²) in [5.41, 5.74) is 0.943. The smallest absolute Gasteiger partial charge is 0.255 e. The minimum absolute atomic E-state index is 0.00460. The number of benzene rings is 1. The van der Waals surface area contributed by atoms with E-state index in [0.717, 1.165) is 54.9 Å². The van der Waals surface area contributed by atoms with Gasteiger partial charge < -0.3 is 9.80 Å². The van der Waals surface area contributed by atoms with Crippen molar-refractivity contribution in [3.63, 3.8) is 0 Å². The van der Waals surface area contributed by atoms with E-state index in [2.05, 4.69) is 19.9 Å². The molecule has 0 unspecified atom stereocenters. The van der Waals surface area contributed by atoms with Gasteiger partial charge in [-0.1, -0.05) is 12.1 Å². The number of carbonyl (C=O) groups is 1. The van der Waals surface area contributed by atoms with Crippen molar-refractivity contribution in [3.05, 3.63) is 60.2 Å². The third kappa shape index (κ3) is 3.37. The molecule has 0 saturated carbocycles. The first-order chi connectivity index (χ1) is 13.5. The molecule has 0 atom stereocenters. The highest BCUT2D eigenvalue weighted by molar-refractivity contribution is 5.94. The number of amides is 1. The topological polar surface area (TPSA) is 62.2 Å². The van der Waals surface area contributed by atoms with Crippen LogP contribution in [0.1, 0.15) is 23.2 Å². The molecule has 1 aliphatic heterocycles. The molecule has 2 aromatic heterocycles. The van der Waals surface area contributed by atoms with Gasteiger partial charge in [-0.25, -0.2) is 19.3 Å². The van der Waals surface area contributed by atoms with Crippen LogP contribution in [0.3, 0.4) is 0 Å². The van der Waals surface area contributed by atoms with Crippen molar-refractivity contribution in [2.75, 3.05) is 25.0 Å². The lowest BCUT2D eigenvalue weighted by Gasteiger charge is -2.37. The number of piperidine rings is 1. The Kier molecular flexibility index (Phi) is 4.85. The van der Waals surface area contributed by atoms with E-state index in [0.29, 0.717) is 0 Å². The fraction of sp³-hybridized carbons (Fsp3) is 0.300. The molecule has 1 amide bonds. The van der Waals surface area contributed by atoms with Gasteiger partial charge in [-0.05, 0) is 31.0 Å². The molecule has 0 N–H and O–H groups in total. The lowest BCUT2D eigenvalue weighted by atomic mass is 10.0. The molecule has 3 aromatic rings. The normalized spacial score (nSPS) is 15.0. The van der Waals surface area contributed by atoms with E-state index >= 15 is 0 Å². The molecule has 3 heterocycles. The lowest BCUT2D eigenvalue weighted by Crippen LogP contribution is -2.46. The number of anilines is 1. The lowest BCUT2D eigenvalue weighted by molar-refractivity contribution is 0.0708. The fourth-order valence-electron chi connectivity index (χ4n) is 3.62. The van der Waals surface area contributed by atoms with Gasteiger partial charge in [-0.15, -0.1) is 0 Å². The summed E-state index contributed by atoms with van der Waals surface area (Å²) in [6, 6.07) is 8.76. The van der Waals surface area contributed by atoms with Gasteiger partial charge in [0.2, 0.25) is 5.95 Å². The Balaban J connectivity index is 1.46. The molecule has 0 aliphatic carbocycles. The zero-order valence-electron chi connectivity index (χ0n) is 15.3. The van der Waals surface area contributed by atoms with Crippen LogP contribution in [0.4, 0.5) is 14.6 Å². The number of carbonyl (C=O) groups excluding carboxylic acids is 1. The Morgan fingerprint density at radius 3 is 2.64 bits per heavy atom. The van der Waals surface area contributed by atoms with Gasteiger partial charge in [0.25, 0.3) is 5.91 Å². The first-order valence-electron chi connectivity index (χ1n) is 9.07. The third-order valence-electron chi connectivity index (χ3n) is 5.20. The number of halogens is 2. The quantitative estimate of drug-likeness (QED) is 0.651. The van der Waals surface area contributed by atoms with E-state index in [9.17, 15) is 13.6 Å². The molecule has 8 heteroatoms. The molecule has 4 rings (SSSR count). The van der Waals surface area contributed by atoms with Crippen LogP contribution < -0.4 is 4.90 Å². The SMILES string of the molecule is CN(C(=O)c1cnc(F)c(F)c1)C1CCN(c2ncnc3ccccc23)CC1. The van der Waals surface area contributed by atoms with Crippen LogP contribution in [0, 0.1) is 11.8 Å². The average Bonchev–Trinajstić information content (AvgIpc) is 2.74. The highest BCUT2D eigenvalue weighted by Crippen LogP contribution is 2.27. The minimum atomic E-state index is -1.20. The maximum Gasteiger partial charge on any atom is 0.255 e. The molecule has 0 spiro atoms. The standard InChI is InChI=1S/C20H19F2N5O/c1-26(20(28)13-10-16(21)18(22)23-11-13)14-6-8-27(9-7-14)19-15-4-2-3-5-17(15)24-12-25-19/h2-5,10-12,14H,6-9H2,1H3. The molecule has 1 aliphatic rings. The number of hydrogen-bond acceptors (Lipinski definition) is 5. The summed E-state index contributed by atoms with van der Waals surface area (Å²) in [5, 5.41) is 1.00. The van der Waals surface area contributed by atoms with Crippen LogP contribution in [-0.2, 0) is 0 Å². The predicted octanol–water partition coefficient (Wildman–Crippen LogP) is 3.04. The van der Waals surface area contributed by atoms with Crippen molar-refractivity contribution in [1.29, 1.82) is 0 Å². The molecular formula is C20H19F2N5O. The zero-order valence-corrected chi connectivity index (χ0v) is 15.3. The number of para-hydroxylation sites is 1. The highest BCUT2D eigenvalue weighted by Gasteiger charge is 2.27. The van der Waals surface area contributed by atoms with Crippen molar-refractivity contribution in [1.82, 2.24) is 19.9 Å². The number of nitrogens with zero attached hydrogens (tertiary/aromatic N) is 5. The van der Waals surface area contributed by atoms with Crippen molar-refractivity contribution in [2.24, 2.45) is 0 Å². The average molecular weight is 383 g/mol. The molecule has 144 valence electrons. The molecular weight excluding hydrogens is 364 g/mol. The summed E-state index contributed by atoms with van der Waals surface area (Å²) >= 11 is 0. The second-order valence-corrected chi connectivity index (χ2v) is 6.85. The molecule has 1 saturated heterocycles. The van der Waals surface area contributed by atoms with Gasteiger partial charge in [-0.2, -0.15) is 4.39 Å². The molecule has 0 radical (unpaired) electrons. The number of hydrogen-bond donors (Lipinski definition) is 0. The maximum absolute atomic E-state index is 13.4. The number of fused-ring (bicyclic) bond motifs is 1. The summed E-state index contributed by atoms with van der Waals surface area (Å²) in [4.78, 5) is 28.4. The van der Waals surface area contributed by atoms with E-state index in [4.69, 9.17) is 0 Å². The maximum atomic E-state index is 13.4. The van der Waals surface area contributed by atoms with Gasteiger partial charge >= 0.3 is 0 Å². The first kappa shape index (κ1) is 18.2. The Morgan fingerprint density at radius 2 is 1.89 bits per heavy atom. The molecule has 1 aromatic carbocycles. The van der Waals surface area contributed by atoms with Crippen molar-refractivity contribution >= 4 is 22.6 Å². The van der Waals surface area contributed by atoms with Crippen LogP contribution >= 0.6 is 0 Å². The van der Waals surface area contributed by atoms with Crippen LogP contribution in [0.15, 0.2) is 42.9 Å². The molecule has 1 fully saturated rings. The zero-order chi connectivity index (χ0) is 19.7. The Morgan fingerprint density at radius 1 is 1.14 bits per heavy atom. The second-order valence-electron chi connectivity index (χ2n) is 6.85. The van der Waals surface area contributed by atoms with E-state index in [1.807, 2.05) is 24.3 Å². The Bertz CT molecular complexity index is 1020. The van der Waals surface area contributed by atoms with Crippen molar-refractivity contribution < 1.29 is 13.6 Å². The second kappa shape index (κ2) is 7.46. The number of aromatic nitrogens is 3. The Labute approximate surface area is 160 Å². The van der Waals surface area contributed by atoms with E-state index < -0.39 is 11.8 Å². The number of pyridine rings is 1. The van der Waals surface area contributed by atoms with E-state index in [1.54, 1.807) is 18.3 Å². The molecule has 6 nitrogen and oxygen atoms in total. The predicted molar refractivity (Wildman–Crippen MR) is 101 cm³/mol. The van der Waals surface area contributed by atoms with E-state index in [1.165, 1.54) is 0 Å². The van der Waals surface area contributed by atoms with Gasteiger partial charge in [0.05, 0.1) is 11.1 Å². The van der Waals surface area contributed by atoms with Crippen molar-refractivity contribution in [3.8, 4) is 0 Å². The van der Waals surface area contributed by atoms with Crippen LogP contribution in [0.25, 0.3) is 10.9 Å². The van der Waals surface area contributed by atoms with Crippen LogP contribution in [-0.4, -0.2) is 51.9 Å². The van der Waals surface area contributed by atoms with E-state index in [-0.39, 0.29) is 17.5 Å². The van der Waals surface area contributed by atoms with Gasteiger partial charge in [0.15, 0.2) is 5.82 Å². The monoisotopic (exact) mass is 383 g/mol. The summed E-state index contributed by atoms with van der Waals surface area (Å²) in [6.07, 6.45) is 4.13. The Hall–Kier alpha value is -3.16. The summed E-state index contributed by atoms with van der Waals surface area (Å²) < 4.78 is 26.4. The van der Waals surface area contributed by atoms with Crippen LogP contribution in [0.2, 0.25) is 0 Å². The molecule has 28 heavy (non-hydrogen) atoms. The van der Waals surface area contributed by atoms with Crippen LogP contribution in [0.5, 0.6) is 0 Å². The molecule has 0 bridgehead atoms. The van der Waals surface area contributed by atoms with Gasteiger partial charge in [0, 0.05) is 37.8 Å². The highest BCUT2D eigenvalue weighted by atomic mass is 19.2. The summed E-state index contributed by atoms with van der Waals surface area (Å²) in [5.74, 6) is -1.80. The van der Waals surface area contributed by atoms with Gasteiger partial charge in [-0.3, -0.25) is 4.79 Å². The number of rotatable bonds is 3. The van der Waals surface area contributed by atoms with Crippen molar-refractivity contribution in [2.45, 2.75) is 18.9 Å². The first-order valence-corrected chi connectivity index (χ1v) is 9.07. The summed E-state index contributed by atoms with van der Waals surface area (Å²) in [7, 11) is 1.68.